The molecule has 0 aliphatic heterocycles. The molecule has 0 aromatic carbocycles. The summed E-state index contributed by atoms with van der Waals surface area (Å²) in [4.78, 5) is 13.4. The quantitative estimate of drug-likeness (QED) is 0.453. The van der Waals surface area contributed by atoms with E-state index in [2.05, 4.69) is 54.2 Å². The Morgan fingerprint density at radius 1 is 1.18 bits per heavy atom. The number of aliphatic imine (C=N–C) groups is 1. The van der Waals surface area contributed by atoms with Gasteiger partial charge in [-0.3, -0.25) is 4.57 Å². The van der Waals surface area contributed by atoms with Crippen molar-refractivity contribution in [3.8, 4) is 5.82 Å². The van der Waals surface area contributed by atoms with E-state index in [1.165, 1.54) is 0 Å². The van der Waals surface area contributed by atoms with E-state index in [0.29, 0.717) is 6.54 Å². The summed E-state index contributed by atoms with van der Waals surface area (Å²) in [7, 11) is 0. The molecular weight excluding hydrogens is 354 g/mol. The fourth-order valence-electron chi connectivity index (χ4n) is 2.82. The molecule has 28 heavy (non-hydrogen) atoms. The van der Waals surface area contributed by atoms with Crippen LogP contribution in [0.25, 0.3) is 5.82 Å². The number of aryl methyl sites for hydroxylation is 2. The molecule has 3 heterocycles. The third-order valence-electron chi connectivity index (χ3n) is 4.30. The third-order valence-corrected chi connectivity index (χ3v) is 4.30. The van der Waals surface area contributed by atoms with Crippen molar-refractivity contribution in [1.82, 2.24) is 39.9 Å². The van der Waals surface area contributed by atoms with Gasteiger partial charge in [-0.25, -0.2) is 15.0 Å². The minimum Gasteiger partial charge on any atom is -0.357 e. The summed E-state index contributed by atoms with van der Waals surface area (Å²) in [6.45, 7) is 8.98. The number of guanidine groups is 1. The van der Waals surface area contributed by atoms with Gasteiger partial charge in [0.05, 0.1) is 6.54 Å². The normalized spacial score (nSPS) is 11.6. The Balaban J connectivity index is 1.57. The monoisotopic (exact) mass is 381 g/mol. The standard InChI is InChI=1S/C19H27N9/c1-4-17-26-25-14-27(17)10-8-22-19(20-5-2)24-13-16-6-7-18(23-12-16)28-11-9-21-15(28)3/h6-7,9,11-12,14H,4-5,8,10,13H2,1-3H3,(H2,20,22,24). The number of nitrogens with one attached hydrogen (secondary N) is 2. The number of rotatable bonds is 8. The molecule has 148 valence electrons. The summed E-state index contributed by atoms with van der Waals surface area (Å²) >= 11 is 0. The average Bonchev–Trinajstić information content (AvgIpc) is 3.35. The van der Waals surface area contributed by atoms with Crippen LogP contribution >= 0.6 is 0 Å². The molecule has 0 fully saturated rings. The third kappa shape index (κ3) is 4.93. The lowest BCUT2D eigenvalue weighted by atomic mass is 10.3. The number of aromatic nitrogens is 6. The number of imidazole rings is 1. The molecule has 0 saturated heterocycles. The van der Waals surface area contributed by atoms with Crippen LogP contribution in [-0.2, 0) is 19.5 Å². The van der Waals surface area contributed by atoms with Crippen molar-refractivity contribution in [1.29, 1.82) is 0 Å². The van der Waals surface area contributed by atoms with E-state index in [0.717, 1.165) is 55.0 Å². The zero-order chi connectivity index (χ0) is 19.8. The van der Waals surface area contributed by atoms with Crippen LogP contribution in [0.5, 0.6) is 0 Å². The maximum absolute atomic E-state index is 4.65. The summed E-state index contributed by atoms with van der Waals surface area (Å²) < 4.78 is 4.01. The van der Waals surface area contributed by atoms with Crippen molar-refractivity contribution in [2.24, 2.45) is 4.99 Å². The van der Waals surface area contributed by atoms with Gasteiger partial charge in [-0.1, -0.05) is 13.0 Å². The minimum atomic E-state index is 0.554. The van der Waals surface area contributed by atoms with Crippen molar-refractivity contribution < 1.29 is 0 Å². The minimum absolute atomic E-state index is 0.554. The number of hydrogen-bond donors (Lipinski definition) is 2. The Morgan fingerprint density at radius 3 is 2.75 bits per heavy atom. The van der Waals surface area contributed by atoms with Crippen molar-refractivity contribution >= 4 is 5.96 Å². The molecular formula is C19H27N9. The first-order valence-corrected chi connectivity index (χ1v) is 9.55. The molecule has 0 amide bonds. The Labute approximate surface area is 165 Å². The van der Waals surface area contributed by atoms with Crippen LogP contribution in [0, 0.1) is 6.92 Å². The second-order valence-electron chi connectivity index (χ2n) is 6.29. The van der Waals surface area contributed by atoms with Crippen molar-refractivity contribution in [3.63, 3.8) is 0 Å². The van der Waals surface area contributed by atoms with Crippen molar-refractivity contribution in [3.05, 3.63) is 54.3 Å². The van der Waals surface area contributed by atoms with E-state index in [1.54, 1.807) is 12.5 Å². The summed E-state index contributed by atoms with van der Waals surface area (Å²) in [6.07, 6.45) is 8.16. The highest BCUT2D eigenvalue weighted by molar-refractivity contribution is 5.79. The zero-order valence-corrected chi connectivity index (χ0v) is 16.6. The van der Waals surface area contributed by atoms with Gasteiger partial charge in [0, 0.05) is 44.6 Å². The van der Waals surface area contributed by atoms with E-state index in [-0.39, 0.29) is 0 Å². The van der Waals surface area contributed by atoms with Crippen molar-refractivity contribution in [2.75, 3.05) is 13.1 Å². The summed E-state index contributed by atoms with van der Waals surface area (Å²) in [5.74, 6) is 3.54. The molecule has 0 radical (unpaired) electrons. The number of nitrogens with zero attached hydrogens (tertiary/aromatic N) is 7. The van der Waals surface area contributed by atoms with Crippen LogP contribution in [-0.4, -0.2) is 48.3 Å². The highest BCUT2D eigenvalue weighted by Crippen LogP contribution is 2.09. The first-order chi connectivity index (χ1) is 13.7. The second kappa shape index (κ2) is 9.63. The van der Waals surface area contributed by atoms with Gasteiger partial charge in [0.25, 0.3) is 0 Å². The lowest BCUT2D eigenvalue weighted by molar-refractivity contribution is 0.632. The second-order valence-corrected chi connectivity index (χ2v) is 6.29. The molecule has 3 rings (SSSR count). The van der Waals surface area contributed by atoms with Crippen LogP contribution in [0.15, 0.2) is 42.0 Å². The Hall–Kier alpha value is -3.23. The number of pyridine rings is 1. The molecule has 9 heteroatoms. The molecule has 0 aliphatic rings. The predicted molar refractivity (Wildman–Crippen MR) is 108 cm³/mol. The molecule has 3 aromatic rings. The van der Waals surface area contributed by atoms with Crippen molar-refractivity contribution in [2.45, 2.75) is 40.3 Å². The average molecular weight is 381 g/mol. The van der Waals surface area contributed by atoms with E-state index in [1.807, 2.05) is 36.0 Å². The Morgan fingerprint density at radius 2 is 2.07 bits per heavy atom. The molecule has 0 unspecified atom stereocenters. The van der Waals surface area contributed by atoms with Gasteiger partial charge < -0.3 is 15.2 Å². The topological polar surface area (TPSA) is 97.8 Å². The molecule has 0 spiro atoms. The largest absolute Gasteiger partial charge is 0.357 e. The van der Waals surface area contributed by atoms with Gasteiger partial charge in [-0.05, 0) is 25.5 Å². The zero-order valence-electron chi connectivity index (χ0n) is 16.6. The summed E-state index contributed by atoms with van der Waals surface area (Å²) in [5.41, 5.74) is 1.05. The molecule has 3 aromatic heterocycles. The van der Waals surface area contributed by atoms with Crippen LogP contribution in [0.4, 0.5) is 0 Å². The van der Waals surface area contributed by atoms with Gasteiger partial charge in [0.1, 0.15) is 23.8 Å². The molecule has 2 N–H and O–H groups in total. The van der Waals surface area contributed by atoms with Gasteiger partial charge in [0.15, 0.2) is 5.96 Å². The van der Waals surface area contributed by atoms with E-state index in [9.17, 15) is 0 Å². The smallest absolute Gasteiger partial charge is 0.191 e. The first kappa shape index (κ1) is 19.5. The lowest BCUT2D eigenvalue weighted by Crippen LogP contribution is -2.38. The molecule has 9 nitrogen and oxygen atoms in total. The molecule has 0 bridgehead atoms. The van der Waals surface area contributed by atoms with Crippen LogP contribution in [0.2, 0.25) is 0 Å². The van der Waals surface area contributed by atoms with Gasteiger partial charge >= 0.3 is 0 Å². The Kier molecular flexibility index (Phi) is 6.72. The SMILES string of the molecule is CCNC(=NCc1ccc(-n2ccnc2C)nc1)NCCn1cnnc1CC. The maximum atomic E-state index is 4.65. The van der Waals surface area contributed by atoms with Gasteiger partial charge in [0.2, 0.25) is 0 Å². The van der Waals surface area contributed by atoms with Gasteiger partial charge in [-0.15, -0.1) is 10.2 Å². The molecule has 0 saturated carbocycles. The summed E-state index contributed by atoms with van der Waals surface area (Å²) in [5, 5.41) is 14.7. The van der Waals surface area contributed by atoms with Crippen LogP contribution in [0.1, 0.15) is 31.1 Å². The highest BCUT2D eigenvalue weighted by atomic mass is 15.3. The van der Waals surface area contributed by atoms with Crippen LogP contribution < -0.4 is 10.6 Å². The first-order valence-electron chi connectivity index (χ1n) is 9.55. The predicted octanol–water partition coefficient (Wildman–Crippen LogP) is 1.48. The Bertz CT molecular complexity index is 892. The fourth-order valence-corrected chi connectivity index (χ4v) is 2.82. The maximum Gasteiger partial charge on any atom is 0.191 e. The number of hydrogen-bond acceptors (Lipinski definition) is 5. The van der Waals surface area contributed by atoms with Gasteiger partial charge in [-0.2, -0.15) is 0 Å². The van der Waals surface area contributed by atoms with Crippen LogP contribution in [0.3, 0.4) is 0 Å². The highest BCUT2D eigenvalue weighted by Gasteiger charge is 2.04. The van der Waals surface area contributed by atoms with E-state index in [4.69, 9.17) is 0 Å². The molecule has 0 atom stereocenters. The van der Waals surface area contributed by atoms with E-state index < -0.39 is 0 Å². The molecule has 0 aliphatic carbocycles. The summed E-state index contributed by atoms with van der Waals surface area (Å²) in [6, 6.07) is 4.03. The lowest BCUT2D eigenvalue weighted by Gasteiger charge is -2.12. The fraction of sp³-hybridized carbons (Fsp3) is 0.421. The van der Waals surface area contributed by atoms with E-state index >= 15 is 0 Å².